The van der Waals surface area contributed by atoms with E-state index >= 15 is 0 Å². The van der Waals surface area contributed by atoms with Crippen LogP contribution in [0.1, 0.15) is 62.0 Å². The smallest absolute Gasteiger partial charge is 0.275 e. The number of aromatic nitrogens is 2. The Labute approximate surface area is 200 Å². The fraction of sp³-hybridized carbons (Fsp3) is 0.560. The largest absolute Gasteiger partial charge is 0.491 e. The number of benzene rings is 1. The van der Waals surface area contributed by atoms with E-state index in [4.69, 9.17) is 16.3 Å². The molecular formula is C25H33ClN4O3. The molecule has 4 rings (SSSR count). The minimum Gasteiger partial charge on any atom is -0.491 e. The molecule has 1 fully saturated rings. The number of carbonyl (C=O) groups excluding carboxylic acids is 2. The highest BCUT2D eigenvalue weighted by Crippen LogP contribution is 2.38. The molecule has 1 aromatic heterocycles. The molecule has 8 heteroatoms. The zero-order valence-electron chi connectivity index (χ0n) is 19.5. The van der Waals surface area contributed by atoms with Crippen molar-refractivity contribution in [3.8, 4) is 5.75 Å². The second-order valence-electron chi connectivity index (χ2n) is 9.25. The van der Waals surface area contributed by atoms with Gasteiger partial charge < -0.3 is 15.0 Å². The van der Waals surface area contributed by atoms with Crippen LogP contribution in [0.5, 0.6) is 5.75 Å². The van der Waals surface area contributed by atoms with E-state index in [1.54, 1.807) is 15.8 Å². The Morgan fingerprint density at radius 2 is 2.00 bits per heavy atom. The van der Waals surface area contributed by atoms with Gasteiger partial charge in [-0.15, -0.1) is 0 Å². The van der Waals surface area contributed by atoms with E-state index in [-0.39, 0.29) is 17.9 Å². The number of hydrogen-bond acceptors (Lipinski definition) is 4. The molecule has 2 aliphatic rings. The third-order valence-electron chi connectivity index (χ3n) is 6.92. The third kappa shape index (κ3) is 5.18. The number of halogens is 1. The molecule has 3 heterocycles. The van der Waals surface area contributed by atoms with Crippen LogP contribution in [-0.2, 0) is 17.8 Å². The molecule has 1 saturated heterocycles. The summed E-state index contributed by atoms with van der Waals surface area (Å²) >= 11 is 6.25. The molecule has 0 bridgehead atoms. The lowest BCUT2D eigenvalue weighted by Gasteiger charge is -2.41. The maximum absolute atomic E-state index is 13.4. The zero-order valence-corrected chi connectivity index (χ0v) is 20.2. The highest BCUT2D eigenvalue weighted by atomic mass is 35.5. The van der Waals surface area contributed by atoms with Crippen LogP contribution in [0.15, 0.2) is 30.5 Å². The number of amides is 2. The number of para-hydroxylation sites is 1. The summed E-state index contributed by atoms with van der Waals surface area (Å²) in [5.41, 5.74) is 1.05. The number of hydrogen-bond donors (Lipinski definition) is 1. The van der Waals surface area contributed by atoms with Crippen molar-refractivity contribution in [2.75, 3.05) is 19.7 Å². The van der Waals surface area contributed by atoms with E-state index in [9.17, 15) is 9.59 Å². The minimum atomic E-state index is -0.462. The van der Waals surface area contributed by atoms with Crippen molar-refractivity contribution in [3.05, 3.63) is 46.7 Å². The van der Waals surface area contributed by atoms with E-state index in [0.717, 1.165) is 31.4 Å². The fourth-order valence-electron chi connectivity index (χ4n) is 4.85. The maximum Gasteiger partial charge on any atom is 0.275 e. The van der Waals surface area contributed by atoms with Crippen LogP contribution >= 0.6 is 11.6 Å². The summed E-state index contributed by atoms with van der Waals surface area (Å²) in [6, 6.07) is 8.05. The Balaban J connectivity index is 1.45. The quantitative estimate of drug-likeness (QED) is 0.714. The molecule has 0 saturated carbocycles. The van der Waals surface area contributed by atoms with E-state index in [1.165, 1.54) is 5.56 Å². The fourth-order valence-corrected chi connectivity index (χ4v) is 5.08. The highest BCUT2D eigenvalue weighted by Gasteiger charge is 2.42. The van der Waals surface area contributed by atoms with Crippen molar-refractivity contribution in [3.63, 3.8) is 0 Å². The average Bonchev–Trinajstić information content (AvgIpc) is 3.21. The molecule has 1 spiro atoms. The van der Waals surface area contributed by atoms with Gasteiger partial charge in [-0.1, -0.05) is 36.2 Å². The van der Waals surface area contributed by atoms with Gasteiger partial charge in [-0.05, 0) is 57.6 Å². The first-order chi connectivity index (χ1) is 15.9. The van der Waals surface area contributed by atoms with Crippen LogP contribution < -0.4 is 10.1 Å². The monoisotopic (exact) mass is 472 g/mol. The molecule has 2 aliphatic heterocycles. The van der Waals surface area contributed by atoms with Gasteiger partial charge in [0.25, 0.3) is 5.91 Å². The van der Waals surface area contributed by atoms with Gasteiger partial charge in [-0.25, -0.2) is 0 Å². The molecule has 0 aliphatic carbocycles. The summed E-state index contributed by atoms with van der Waals surface area (Å²) in [7, 11) is 0. The van der Waals surface area contributed by atoms with Crippen molar-refractivity contribution in [2.24, 2.45) is 5.41 Å². The van der Waals surface area contributed by atoms with Gasteiger partial charge in [0.05, 0.1) is 16.5 Å². The second-order valence-corrected chi connectivity index (χ2v) is 9.66. The molecule has 2 amide bonds. The van der Waals surface area contributed by atoms with E-state index in [2.05, 4.69) is 16.5 Å². The van der Waals surface area contributed by atoms with Crippen molar-refractivity contribution in [1.82, 2.24) is 20.0 Å². The Morgan fingerprint density at radius 3 is 2.73 bits per heavy atom. The maximum atomic E-state index is 13.4. The third-order valence-corrected chi connectivity index (χ3v) is 7.20. The topological polar surface area (TPSA) is 76.5 Å². The van der Waals surface area contributed by atoms with E-state index < -0.39 is 5.41 Å². The van der Waals surface area contributed by atoms with Gasteiger partial charge in [0.15, 0.2) is 5.69 Å². The molecule has 1 aromatic carbocycles. The van der Waals surface area contributed by atoms with Gasteiger partial charge in [-0.3, -0.25) is 14.3 Å². The second kappa shape index (κ2) is 10.2. The number of piperidine rings is 1. The van der Waals surface area contributed by atoms with Crippen molar-refractivity contribution >= 4 is 23.4 Å². The Morgan fingerprint density at radius 1 is 1.24 bits per heavy atom. The number of nitrogens with zero attached hydrogens (tertiary/aromatic N) is 3. The number of nitrogens with one attached hydrogen (secondary N) is 1. The molecule has 2 aromatic rings. The molecule has 0 radical (unpaired) electrons. The molecule has 7 nitrogen and oxygen atoms in total. The molecule has 1 atom stereocenters. The van der Waals surface area contributed by atoms with Crippen LogP contribution in [0.4, 0.5) is 0 Å². The van der Waals surface area contributed by atoms with Gasteiger partial charge in [0.1, 0.15) is 12.4 Å². The van der Waals surface area contributed by atoms with Crippen LogP contribution in [0.25, 0.3) is 0 Å². The number of ether oxygens (including phenoxy) is 1. The van der Waals surface area contributed by atoms with E-state index in [0.29, 0.717) is 49.8 Å². The summed E-state index contributed by atoms with van der Waals surface area (Å²) in [5.74, 6) is 0.826. The Hall–Kier alpha value is -2.54. The zero-order chi connectivity index (χ0) is 23.4. The summed E-state index contributed by atoms with van der Waals surface area (Å²) < 4.78 is 7.70. The predicted octanol–water partition coefficient (Wildman–Crippen LogP) is 4.09. The number of likely N-dealkylation sites (tertiary alicyclic amines) is 1. The number of rotatable bonds is 2. The summed E-state index contributed by atoms with van der Waals surface area (Å²) in [6.45, 7) is 6.06. The molecular weight excluding hydrogens is 440 g/mol. The number of carbonyl (C=O) groups is 2. The summed E-state index contributed by atoms with van der Waals surface area (Å²) in [6.07, 6.45) is 6.67. The highest BCUT2D eigenvalue weighted by molar-refractivity contribution is 6.33. The van der Waals surface area contributed by atoms with Crippen LogP contribution in [0, 0.1) is 5.41 Å². The van der Waals surface area contributed by atoms with Crippen molar-refractivity contribution < 1.29 is 14.3 Å². The van der Waals surface area contributed by atoms with E-state index in [1.807, 2.05) is 32.0 Å². The first-order valence-corrected chi connectivity index (χ1v) is 12.3. The van der Waals surface area contributed by atoms with Crippen molar-refractivity contribution in [1.29, 1.82) is 0 Å². The first kappa shape index (κ1) is 23.6. The van der Waals surface area contributed by atoms with Gasteiger partial charge in [-0.2, -0.15) is 5.10 Å². The standard InChI is InChI=1S/C25H33ClN4O3/c1-3-30-16-20(26)22(28-30)23(31)29-14-12-25(13-15-29)11-7-6-9-19-8-4-5-10-21(19)33-17-18(2)27-24(25)32/h4-5,8,10,16,18H,3,6-7,9,11-15,17H2,1-2H3,(H,27,32)/t18-/m1/s1. The molecule has 0 unspecified atom stereocenters. The summed E-state index contributed by atoms with van der Waals surface area (Å²) in [5, 5.41) is 7.88. The normalized spacial score (nSPS) is 21.4. The molecule has 1 N–H and O–H groups in total. The van der Waals surface area contributed by atoms with Gasteiger partial charge >= 0.3 is 0 Å². The van der Waals surface area contributed by atoms with Crippen molar-refractivity contribution in [2.45, 2.75) is 65.0 Å². The van der Waals surface area contributed by atoms with Gasteiger partial charge in [0.2, 0.25) is 5.91 Å². The van der Waals surface area contributed by atoms with Gasteiger partial charge in [0, 0.05) is 25.8 Å². The lowest BCUT2D eigenvalue weighted by molar-refractivity contribution is -0.135. The van der Waals surface area contributed by atoms with Crippen LogP contribution in [0.3, 0.4) is 0 Å². The predicted molar refractivity (Wildman–Crippen MR) is 128 cm³/mol. The Bertz CT molecular complexity index is 997. The number of fused-ring (bicyclic) bond motifs is 1. The van der Waals surface area contributed by atoms with Crippen LogP contribution in [-0.4, -0.2) is 52.2 Å². The Kier molecular flexibility index (Phi) is 7.27. The molecule has 178 valence electrons. The molecule has 33 heavy (non-hydrogen) atoms. The lowest BCUT2D eigenvalue weighted by atomic mass is 9.73. The lowest BCUT2D eigenvalue weighted by Crippen LogP contribution is -2.52. The average molecular weight is 473 g/mol. The summed E-state index contributed by atoms with van der Waals surface area (Å²) in [4.78, 5) is 28.2. The SMILES string of the molecule is CCn1cc(Cl)c(C(=O)N2CCC3(CCCCc4ccccc4OC[C@@H](C)NC3=O)CC2)n1. The van der Waals surface area contributed by atoms with Crippen LogP contribution in [0.2, 0.25) is 5.02 Å². The minimum absolute atomic E-state index is 0.0767. The number of aryl methyl sites for hydroxylation is 2. The first-order valence-electron chi connectivity index (χ1n) is 12.0.